The van der Waals surface area contributed by atoms with Gasteiger partial charge in [-0.05, 0) is 64.7 Å². The van der Waals surface area contributed by atoms with Crippen molar-refractivity contribution in [2.75, 3.05) is 17.7 Å². The third kappa shape index (κ3) is 4.54. The van der Waals surface area contributed by atoms with Gasteiger partial charge in [-0.1, -0.05) is 0 Å². The zero-order valence-electron chi connectivity index (χ0n) is 17.1. The fourth-order valence-electron chi connectivity index (χ4n) is 3.13. The molecule has 0 saturated carbocycles. The van der Waals surface area contributed by atoms with Crippen LogP contribution in [0, 0.1) is 17.1 Å². The number of carbonyl (C=O) groups is 2. The summed E-state index contributed by atoms with van der Waals surface area (Å²) in [5.74, 6) is -1.32. The first kappa shape index (κ1) is 23.1. The van der Waals surface area contributed by atoms with Gasteiger partial charge in [-0.3, -0.25) is 14.5 Å². The number of hydrogen-bond donors (Lipinski definition) is 0. The number of hydrogen-bond acceptors (Lipinski definition) is 6. The molecule has 1 heterocycles. The second-order valence-corrected chi connectivity index (χ2v) is 8.55. The highest BCUT2D eigenvalue weighted by Gasteiger charge is 2.50. The third-order valence-corrected chi connectivity index (χ3v) is 5.81. The molecule has 0 aromatic heterocycles. The first-order valence-corrected chi connectivity index (χ1v) is 10.8. The molecule has 2 rings (SSSR count). The van der Waals surface area contributed by atoms with E-state index in [-0.39, 0.29) is 45.7 Å². The van der Waals surface area contributed by atoms with E-state index in [0.29, 0.717) is 13.0 Å². The number of carbonyl (C=O) groups excluding carboxylic acids is 2. The maximum Gasteiger partial charge on any atom is 0.306 e. The van der Waals surface area contributed by atoms with Gasteiger partial charge < -0.3 is 9.64 Å². The maximum absolute atomic E-state index is 15.1. The number of ether oxygens (including phenoxy) is 1. The first-order valence-electron chi connectivity index (χ1n) is 9.18. The van der Waals surface area contributed by atoms with Gasteiger partial charge in [0.2, 0.25) is 0 Å². The Labute approximate surface area is 180 Å². The molecular weight excluding hydrogens is 413 g/mol. The molecule has 0 atom stereocenters. The van der Waals surface area contributed by atoms with Gasteiger partial charge in [0.15, 0.2) is 10.9 Å². The minimum atomic E-state index is -0.987. The number of thiocarbonyl (C=S) groups is 1. The molecule has 1 saturated heterocycles. The van der Waals surface area contributed by atoms with Crippen LogP contribution in [0.25, 0.3) is 0 Å². The Morgan fingerprint density at radius 3 is 2.62 bits per heavy atom. The second-order valence-electron chi connectivity index (χ2n) is 7.37. The Bertz CT molecular complexity index is 880. The van der Waals surface area contributed by atoms with Crippen molar-refractivity contribution in [3.63, 3.8) is 0 Å². The minimum absolute atomic E-state index is 0.0261. The number of thioether (sulfide) groups is 1. The molecule has 1 aromatic carbocycles. The van der Waals surface area contributed by atoms with Crippen LogP contribution in [0.4, 0.5) is 10.1 Å². The Kier molecular flexibility index (Phi) is 7.25. The van der Waals surface area contributed by atoms with Crippen LogP contribution in [0.5, 0.6) is 0 Å². The van der Waals surface area contributed by atoms with Gasteiger partial charge in [0.25, 0.3) is 5.91 Å². The molecular formula is C20H24FN3O3S2. The topological polar surface area (TPSA) is 73.6 Å². The van der Waals surface area contributed by atoms with Gasteiger partial charge in [0.05, 0.1) is 22.3 Å². The van der Waals surface area contributed by atoms with Gasteiger partial charge in [-0.25, -0.2) is 4.39 Å². The summed E-state index contributed by atoms with van der Waals surface area (Å²) in [6.07, 6.45) is 2.12. The lowest BCUT2D eigenvalue weighted by Gasteiger charge is -2.29. The smallest absolute Gasteiger partial charge is 0.306 e. The lowest BCUT2D eigenvalue weighted by Crippen LogP contribution is -2.44. The van der Waals surface area contributed by atoms with Crippen molar-refractivity contribution in [1.82, 2.24) is 4.90 Å². The van der Waals surface area contributed by atoms with E-state index in [2.05, 4.69) is 0 Å². The molecule has 0 radical (unpaired) electrons. The fourth-order valence-corrected chi connectivity index (χ4v) is 4.25. The van der Waals surface area contributed by atoms with Crippen LogP contribution in [-0.2, 0) is 14.3 Å². The van der Waals surface area contributed by atoms with Crippen LogP contribution in [0.3, 0.4) is 0 Å². The molecule has 156 valence electrons. The Morgan fingerprint density at radius 2 is 2.07 bits per heavy atom. The van der Waals surface area contributed by atoms with E-state index in [9.17, 15) is 14.9 Å². The summed E-state index contributed by atoms with van der Waals surface area (Å²) in [5, 5.41) is 9.35. The molecule has 29 heavy (non-hydrogen) atoms. The van der Waals surface area contributed by atoms with Gasteiger partial charge in [-0.2, -0.15) is 5.26 Å². The molecule has 1 fully saturated rings. The number of halogens is 1. The monoisotopic (exact) mass is 437 g/mol. The molecule has 6 nitrogen and oxygen atoms in total. The Hall–Kier alpha value is -2.18. The summed E-state index contributed by atoms with van der Waals surface area (Å²) >= 11 is 6.60. The van der Waals surface area contributed by atoms with Crippen LogP contribution in [0.15, 0.2) is 17.0 Å². The van der Waals surface area contributed by atoms with Crippen molar-refractivity contribution in [2.45, 2.75) is 57.1 Å². The third-order valence-electron chi connectivity index (χ3n) is 4.60. The fraction of sp³-hybridized carbons (Fsp3) is 0.500. The molecule has 1 aliphatic heterocycles. The Balaban J connectivity index is 2.27. The van der Waals surface area contributed by atoms with Gasteiger partial charge >= 0.3 is 5.97 Å². The van der Waals surface area contributed by atoms with Crippen molar-refractivity contribution in [3.8, 4) is 6.07 Å². The van der Waals surface area contributed by atoms with Crippen molar-refractivity contribution < 1.29 is 18.7 Å². The number of benzene rings is 1. The summed E-state index contributed by atoms with van der Waals surface area (Å²) < 4.78 is 20.2. The molecule has 1 amide bonds. The molecule has 0 N–H and O–H groups in total. The normalized spacial score (nSPS) is 15.8. The number of nitrogens with zero attached hydrogens (tertiary/aromatic N) is 3. The highest BCUT2D eigenvalue weighted by Crippen LogP contribution is 2.37. The lowest BCUT2D eigenvalue weighted by molar-refractivity contribution is -0.147. The number of esters is 1. The average molecular weight is 438 g/mol. The zero-order chi connectivity index (χ0) is 21.9. The van der Waals surface area contributed by atoms with E-state index in [1.165, 1.54) is 17.0 Å². The van der Waals surface area contributed by atoms with Crippen LogP contribution >= 0.6 is 24.0 Å². The van der Waals surface area contributed by atoms with Crippen LogP contribution < -0.4 is 4.90 Å². The first-order chi connectivity index (χ1) is 13.6. The summed E-state index contributed by atoms with van der Waals surface area (Å²) in [6, 6.07) is 4.84. The number of amides is 1. The van der Waals surface area contributed by atoms with Gasteiger partial charge in [0, 0.05) is 13.0 Å². The Morgan fingerprint density at radius 1 is 1.41 bits per heavy atom. The zero-order valence-corrected chi connectivity index (χ0v) is 18.7. The molecule has 0 spiro atoms. The lowest BCUT2D eigenvalue weighted by atomic mass is 10.0. The van der Waals surface area contributed by atoms with E-state index < -0.39 is 11.4 Å². The standard InChI is InChI=1S/C20H24FN3O3S2/c1-12(2)27-15(25)7-6-10-23-19(28)24(18(26)20(23,3)4)14-9-8-13(11-22)17(29-5)16(14)21/h8-9,12H,6-7,10H2,1-5H3. The predicted octanol–water partition coefficient (Wildman–Crippen LogP) is 3.86. The predicted molar refractivity (Wildman–Crippen MR) is 114 cm³/mol. The van der Waals surface area contributed by atoms with E-state index in [1.807, 2.05) is 6.07 Å². The van der Waals surface area contributed by atoms with Crippen molar-refractivity contribution in [1.29, 1.82) is 5.26 Å². The van der Waals surface area contributed by atoms with Crippen molar-refractivity contribution in [3.05, 3.63) is 23.5 Å². The molecule has 1 aromatic rings. The van der Waals surface area contributed by atoms with Gasteiger partial charge in [-0.15, -0.1) is 11.8 Å². The van der Waals surface area contributed by atoms with Crippen LogP contribution in [-0.4, -0.2) is 46.3 Å². The summed E-state index contributed by atoms with van der Waals surface area (Å²) in [4.78, 5) is 27.9. The minimum Gasteiger partial charge on any atom is -0.463 e. The number of rotatable bonds is 7. The molecule has 0 aliphatic carbocycles. The van der Waals surface area contributed by atoms with Gasteiger partial charge in [0.1, 0.15) is 11.6 Å². The highest BCUT2D eigenvalue weighted by molar-refractivity contribution is 7.98. The number of nitriles is 1. The van der Waals surface area contributed by atoms with E-state index >= 15 is 4.39 Å². The summed E-state index contributed by atoms with van der Waals surface area (Å²) in [6.45, 7) is 7.34. The SMILES string of the molecule is CSc1c(C#N)ccc(N2C(=O)C(C)(C)N(CCCC(=O)OC(C)C)C2=S)c1F. The maximum atomic E-state index is 15.1. The quantitative estimate of drug-likeness (QED) is 0.364. The van der Waals surface area contributed by atoms with Crippen molar-refractivity contribution >= 4 is 46.7 Å². The molecule has 9 heteroatoms. The summed E-state index contributed by atoms with van der Waals surface area (Å²) in [7, 11) is 0. The molecule has 0 bridgehead atoms. The molecule has 0 unspecified atom stereocenters. The van der Waals surface area contributed by atoms with E-state index in [4.69, 9.17) is 17.0 Å². The van der Waals surface area contributed by atoms with E-state index in [0.717, 1.165) is 11.8 Å². The summed E-state index contributed by atoms with van der Waals surface area (Å²) in [5.41, 5.74) is -0.756. The van der Waals surface area contributed by atoms with Crippen LogP contribution in [0.1, 0.15) is 46.1 Å². The van der Waals surface area contributed by atoms with Crippen molar-refractivity contribution in [2.24, 2.45) is 0 Å². The average Bonchev–Trinajstić information content (AvgIpc) is 2.80. The van der Waals surface area contributed by atoms with E-state index in [1.54, 1.807) is 38.9 Å². The highest BCUT2D eigenvalue weighted by atomic mass is 32.2. The largest absolute Gasteiger partial charge is 0.463 e. The molecule has 1 aliphatic rings. The second kappa shape index (κ2) is 9.09. The number of anilines is 1. The van der Waals surface area contributed by atoms with Crippen LogP contribution in [0.2, 0.25) is 0 Å².